The van der Waals surface area contributed by atoms with Crippen LogP contribution in [0.4, 0.5) is 4.79 Å². The molecule has 0 aliphatic carbocycles. The number of likely N-dealkylation sites (N-methyl/N-ethyl adjacent to an activating group) is 1. The zero-order valence-corrected chi connectivity index (χ0v) is 16.3. The molecule has 2 rings (SSSR count). The molecule has 5 nitrogen and oxygen atoms in total. The predicted molar refractivity (Wildman–Crippen MR) is 103 cm³/mol. The summed E-state index contributed by atoms with van der Waals surface area (Å²) in [4.78, 5) is 25.8. The molecule has 0 aliphatic rings. The van der Waals surface area contributed by atoms with Gasteiger partial charge in [0.2, 0.25) is 0 Å². The number of rotatable bonds is 6. The van der Waals surface area contributed by atoms with Crippen molar-refractivity contribution < 1.29 is 19.4 Å². The molecule has 0 fully saturated rings. The van der Waals surface area contributed by atoms with Gasteiger partial charge in [0.25, 0.3) is 0 Å². The summed E-state index contributed by atoms with van der Waals surface area (Å²) in [5.41, 5.74) is -0.135. The summed E-state index contributed by atoms with van der Waals surface area (Å²) in [5.74, 6) is -1.10. The lowest BCUT2D eigenvalue weighted by molar-refractivity contribution is -0.150. The van der Waals surface area contributed by atoms with Gasteiger partial charge in [-0.15, -0.1) is 0 Å². The number of carboxylic acid groups (broad SMARTS) is 1. The Hall–Kier alpha value is -2.09. The lowest BCUT2D eigenvalue weighted by Gasteiger charge is -2.36. The van der Waals surface area contributed by atoms with Gasteiger partial charge in [-0.1, -0.05) is 42.5 Å². The van der Waals surface area contributed by atoms with E-state index < -0.39 is 17.6 Å². The average Bonchev–Trinajstić information content (AvgIpc) is 2.61. The molecule has 0 radical (unpaired) electrons. The summed E-state index contributed by atoms with van der Waals surface area (Å²) in [7, 11) is 0. The van der Waals surface area contributed by atoms with Crippen molar-refractivity contribution in [1.29, 1.82) is 0 Å². The lowest BCUT2D eigenvalue weighted by atomic mass is 9.90. The highest BCUT2D eigenvalue weighted by Gasteiger charge is 2.44. The van der Waals surface area contributed by atoms with E-state index in [-0.39, 0.29) is 13.2 Å². The maximum Gasteiger partial charge on any atom is 0.411 e. The smallest absolute Gasteiger partial charge is 0.411 e. The van der Waals surface area contributed by atoms with Crippen molar-refractivity contribution in [1.82, 2.24) is 4.90 Å². The van der Waals surface area contributed by atoms with Crippen LogP contribution in [0.3, 0.4) is 0 Å². The summed E-state index contributed by atoms with van der Waals surface area (Å²) in [6, 6.07) is 16.4. The summed E-state index contributed by atoms with van der Waals surface area (Å²) in [6.07, 6.45) is -0.658. The van der Waals surface area contributed by atoms with Crippen molar-refractivity contribution in [3.63, 3.8) is 0 Å². The molecule has 2 aromatic rings. The van der Waals surface area contributed by atoms with Gasteiger partial charge in [0, 0.05) is 10.1 Å². The van der Waals surface area contributed by atoms with Crippen LogP contribution in [0.1, 0.15) is 25.0 Å². The molecule has 2 aromatic carbocycles. The highest BCUT2D eigenvalue weighted by atomic mass is 127. The number of carboxylic acids is 1. The maximum absolute atomic E-state index is 12.6. The van der Waals surface area contributed by atoms with Gasteiger partial charge < -0.3 is 9.84 Å². The number of carbonyl (C=O) groups excluding carboxylic acids is 1. The minimum atomic E-state index is -1.51. The van der Waals surface area contributed by atoms with E-state index >= 15 is 0 Å². The van der Waals surface area contributed by atoms with Crippen LogP contribution < -0.4 is 0 Å². The van der Waals surface area contributed by atoms with E-state index in [0.717, 1.165) is 9.13 Å². The minimum absolute atomic E-state index is 0.0958. The molecule has 1 unspecified atom stereocenters. The molecule has 0 heterocycles. The highest BCUT2D eigenvalue weighted by Crippen LogP contribution is 2.30. The third kappa shape index (κ3) is 4.31. The van der Waals surface area contributed by atoms with Gasteiger partial charge in [0.05, 0.1) is 0 Å². The van der Waals surface area contributed by atoms with Crippen molar-refractivity contribution in [2.75, 3.05) is 6.54 Å². The summed E-state index contributed by atoms with van der Waals surface area (Å²) < 4.78 is 6.33. The Morgan fingerprint density at radius 3 is 2.24 bits per heavy atom. The Labute approximate surface area is 160 Å². The quantitative estimate of drug-likeness (QED) is 0.665. The number of halogens is 1. The number of ether oxygens (including phenoxy) is 1. The molecular weight excluding hydrogens is 433 g/mol. The molecule has 132 valence electrons. The summed E-state index contributed by atoms with van der Waals surface area (Å²) in [5, 5.41) is 9.84. The number of amides is 1. The van der Waals surface area contributed by atoms with Crippen LogP contribution in [0.15, 0.2) is 54.6 Å². The molecule has 25 heavy (non-hydrogen) atoms. The normalized spacial score (nSPS) is 12.9. The van der Waals surface area contributed by atoms with Gasteiger partial charge in [-0.3, -0.25) is 4.90 Å². The van der Waals surface area contributed by atoms with Crippen LogP contribution >= 0.6 is 22.6 Å². The van der Waals surface area contributed by atoms with E-state index in [1.54, 1.807) is 19.1 Å². The maximum atomic E-state index is 12.6. The Morgan fingerprint density at radius 2 is 1.72 bits per heavy atom. The Balaban J connectivity index is 2.25. The molecule has 0 aromatic heterocycles. The average molecular weight is 453 g/mol. The van der Waals surface area contributed by atoms with Gasteiger partial charge >= 0.3 is 12.1 Å². The van der Waals surface area contributed by atoms with E-state index in [9.17, 15) is 14.7 Å². The van der Waals surface area contributed by atoms with Gasteiger partial charge in [0.1, 0.15) is 6.61 Å². The van der Waals surface area contributed by atoms with E-state index in [1.165, 1.54) is 11.8 Å². The van der Waals surface area contributed by atoms with Gasteiger partial charge in [-0.05, 0) is 59.7 Å². The fraction of sp³-hybridized carbons (Fsp3) is 0.263. The first-order chi connectivity index (χ1) is 11.9. The largest absolute Gasteiger partial charge is 0.479 e. The number of hydrogen-bond donors (Lipinski definition) is 1. The third-order valence-corrected chi connectivity index (χ3v) is 4.82. The standard InChI is InChI=1S/C19H20INO4/c1-3-21(18(24)25-13-14-7-5-4-6-8-14)19(2,17(22)23)15-9-11-16(20)12-10-15/h4-12H,3,13H2,1-2H3,(H,22,23). The second-order valence-electron chi connectivity index (χ2n) is 5.67. The van der Waals surface area contributed by atoms with Crippen LogP contribution in [0.5, 0.6) is 0 Å². The van der Waals surface area contributed by atoms with Crippen molar-refractivity contribution in [2.45, 2.75) is 26.0 Å². The second kappa shape index (κ2) is 8.33. The van der Waals surface area contributed by atoms with Crippen molar-refractivity contribution in [3.05, 3.63) is 69.3 Å². The van der Waals surface area contributed by atoms with Gasteiger partial charge in [0.15, 0.2) is 5.54 Å². The fourth-order valence-electron chi connectivity index (χ4n) is 2.59. The van der Waals surface area contributed by atoms with Crippen molar-refractivity contribution >= 4 is 34.7 Å². The van der Waals surface area contributed by atoms with Crippen LogP contribution in [0.25, 0.3) is 0 Å². The first kappa shape index (κ1) is 19.2. The van der Waals surface area contributed by atoms with E-state index in [1.807, 2.05) is 42.5 Å². The van der Waals surface area contributed by atoms with Crippen molar-refractivity contribution in [3.8, 4) is 0 Å². The van der Waals surface area contributed by atoms with Gasteiger partial charge in [-0.25, -0.2) is 9.59 Å². The molecule has 0 spiro atoms. The molecule has 1 atom stereocenters. The van der Waals surface area contributed by atoms with E-state index in [4.69, 9.17) is 4.74 Å². The SMILES string of the molecule is CCN(C(=O)OCc1ccccc1)C(C)(C(=O)O)c1ccc(I)cc1. The van der Waals surface area contributed by atoms with Gasteiger partial charge in [-0.2, -0.15) is 0 Å². The zero-order valence-electron chi connectivity index (χ0n) is 14.1. The molecule has 0 saturated heterocycles. The molecule has 0 bridgehead atoms. The van der Waals surface area contributed by atoms with Crippen LogP contribution in [0.2, 0.25) is 0 Å². The Bertz CT molecular complexity index is 733. The number of nitrogens with zero attached hydrogens (tertiary/aromatic N) is 1. The minimum Gasteiger partial charge on any atom is -0.479 e. The molecule has 0 aliphatic heterocycles. The number of hydrogen-bond acceptors (Lipinski definition) is 3. The molecular formula is C19H20INO4. The van der Waals surface area contributed by atoms with Crippen LogP contribution in [-0.2, 0) is 21.7 Å². The number of carbonyl (C=O) groups is 2. The number of benzene rings is 2. The van der Waals surface area contributed by atoms with Crippen LogP contribution in [-0.4, -0.2) is 28.6 Å². The second-order valence-corrected chi connectivity index (χ2v) is 6.91. The summed E-state index contributed by atoms with van der Waals surface area (Å²) in [6.45, 7) is 3.56. The first-order valence-electron chi connectivity index (χ1n) is 7.87. The highest BCUT2D eigenvalue weighted by molar-refractivity contribution is 14.1. The topological polar surface area (TPSA) is 66.8 Å². The molecule has 1 N–H and O–H groups in total. The molecule has 0 saturated carbocycles. The van der Waals surface area contributed by atoms with Crippen molar-refractivity contribution in [2.24, 2.45) is 0 Å². The Kier molecular flexibility index (Phi) is 6.41. The summed E-state index contributed by atoms with van der Waals surface area (Å²) >= 11 is 2.15. The monoisotopic (exact) mass is 453 g/mol. The predicted octanol–water partition coefficient (Wildman–Crippen LogP) is 4.25. The van der Waals surface area contributed by atoms with E-state index in [2.05, 4.69) is 22.6 Å². The molecule has 1 amide bonds. The first-order valence-corrected chi connectivity index (χ1v) is 8.95. The molecule has 6 heteroatoms. The van der Waals surface area contributed by atoms with Crippen LogP contribution in [0, 0.1) is 3.57 Å². The zero-order chi connectivity index (χ0) is 18.4. The Morgan fingerprint density at radius 1 is 1.12 bits per heavy atom. The lowest BCUT2D eigenvalue weighted by Crippen LogP contribution is -2.52. The number of aliphatic carboxylic acids is 1. The third-order valence-electron chi connectivity index (χ3n) is 4.10. The van der Waals surface area contributed by atoms with E-state index in [0.29, 0.717) is 5.56 Å². The fourth-order valence-corrected chi connectivity index (χ4v) is 2.95.